The van der Waals surface area contributed by atoms with E-state index in [9.17, 15) is 9.18 Å². The summed E-state index contributed by atoms with van der Waals surface area (Å²) in [5.41, 5.74) is 7.58. The average Bonchev–Trinajstić information content (AvgIpc) is 3.28. The van der Waals surface area contributed by atoms with Gasteiger partial charge in [0.05, 0.1) is 54.0 Å². The topological polar surface area (TPSA) is 114 Å². The Hall–Kier alpha value is -4.06. The molecule has 2 unspecified atom stereocenters. The Morgan fingerprint density at radius 1 is 1.27 bits per heavy atom. The van der Waals surface area contributed by atoms with Crippen LogP contribution >= 0.6 is 0 Å². The Balaban J connectivity index is 1.43. The number of imidazole rings is 1. The van der Waals surface area contributed by atoms with Crippen molar-refractivity contribution < 1.29 is 18.3 Å². The summed E-state index contributed by atoms with van der Waals surface area (Å²) in [6, 6.07) is 4.74. The predicted octanol–water partition coefficient (Wildman–Crippen LogP) is 4.34. The van der Waals surface area contributed by atoms with Crippen molar-refractivity contribution in [2.75, 3.05) is 37.5 Å². The number of carbonyl (C=O) groups is 1. The molecule has 1 fully saturated rings. The second-order valence-electron chi connectivity index (χ2n) is 10.8. The number of aromatic nitrogens is 4. The summed E-state index contributed by atoms with van der Waals surface area (Å²) in [6.07, 6.45) is 7.34. The van der Waals surface area contributed by atoms with Gasteiger partial charge in [-0.1, -0.05) is 6.92 Å². The average molecular weight is 553 g/mol. The van der Waals surface area contributed by atoms with Gasteiger partial charge >= 0.3 is 6.09 Å². The first-order chi connectivity index (χ1) is 19.0. The van der Waals surface area contributed by atoms with E-state index in [1.165, 1.54) is 30.7 Å². The minimum Gasteiger partial charge on any atom is -0.453 e. The summed E-state index contributed by atoms with van der Waals surface area (Å²) in [7, 11) is 3.05. The molecule has 1 aliphatic heterocycles. The number of ether oxygens (including phenoxy) is 1. The molecular weight excluding hydrogens is 518 g/mol. The first kappa shape index (κ1) is 27.5. The summed E-state index contributed by atoms with van der Waals surface area (Å²) in [4.78, 5) is 24.6. The number of anilines is 3. The lowest BCUT2D eigenvalue weighted by Gasteiger charge is -2.45. The van der Waals surface area contributed by atoms with Gasteiger partial charge in [-0.05, 0) is 55.7 Å². The van der Waals surface area contributed by atoms with Gasteiger partial charge in [-0.15, -0.1) is 0 Å². The zero-order valence-corrected chi connectivity index (χ0v) is 23.2. The number of nitrogens with one attached hydrogen (secondary N) is 1. The molecule has 10 nitrogen and oxygen atoms in total. The van der Waals surface area contributed by atoms with Gasteiger partial charge in [0.25, 0.3) is 0 Å². The molecule has 212 valence electrons. The highest BCUT2D eigenvalue weighted by molar-refractivity contribution is 5.74. The van der Waals surface area contributed by atoms with Crippen LogP contribution in [-0.4, -0.2) is 75.6 Å². The van der Waals surface area contributed by atoms with E-state index in [1.807, 2.05) is 13.0 Å². The molecule has 0 saturated carbocycles. The Morgan fingerprint density at radius 3 is 2.75 bits per heavy atom. The first-order valence-corrected chi connectivity index (χ1v) is 13.1. The molecule has 0 radical (unpaired) electrons. The third kappa shape index (κ3) is 4.99. The molecular formula is C28H34F2N8O2. The Bertz CT molecular complexity index is 1470. The van der Waals surface area contributed by atoms with Gasteiger partial charge in [0, 0.05) is 32.4 Å². The van der Waals surface area contributed by atoms with Gasteiger partial charge in [-0.25, -0.2) is 18.6 Å². The number of amides is 1. The number of carbonyl (C=O) groups excluding carboxylic acids is 1. The van der Waals surface area contributed by atoms with Crippen molar-refractivity contribution in [3.8, 4) is 0 Å². The Kier molecular flexibility index (Phi) is 7.21. The standard InChI is InChI=1S/C28H34F2N8O2/c1-16-10-19(29)24(28(3,30)11-16)21-7-6-18-12-33-26(38(18)35-21)34-22-13-32-9-8-23(22)37-14-17(2)25(20(31)15-37)36(4)27(39)40-5/h6-13,17,20,24-25H,14-15,31H2,1-5H3,(H,33,34)/t17-,20+,24?,25-,28?/m0/s1. The van der Waals surface area contributed by atoms with Crippen LogP contribution in [0.2, 0.25) is 0 Å². The maximum Gasteiger partial charge on any atom is 0.409 e. The van der Waals surface area contributed by atoms with Crippen molar-refractivity contribution >= 4 is 28.9 Å². The van der Waals surface area contributed by atoms with Gasteiger partial charge in [0.2, 0.25) is 5.95 Å². The van der Waals surface area contributed by atoms with Crippen molar-refractivity contribution in [1.82, 2.24) is 24.5 Å². The van der Waals surface area contributed by atoms with E-state index in [1.54, 1.807) is 49.6 Å². The molecule has 12 heteroatoms. The van der Waals surface area contributed by atoms with Crippen LogP contribution in [0.1, 0.15) is 32.4 Å². The van der Waals surface area contributed by atoms with Crippen LogP contribution < -0.4 is 16.0 Å². The molecule has 0 aromatic carbocycles. The number of methoxy groups -OCH3 is 1. The summed E-state index contributed by atoms with van der Waals surface area (Å²) < 4.78 is 36.9. The molecule has 5 atom stereocenters. The van der Waals surface area contributed by atoms with Gasteiger partial charge in [0.15, 0.2) is 0 Å². The van der Waals surface area contributed by atoms with Crippen molar-refractivity contribution in [2.24, 2.45) is 11.7 Å². The number of nitrogens with two attached hydrogens (primary N) is 1. The lowest BCUT2D eigenvalue weighted by Crippen LogP contribution is -2.62. The minimum atomic E-state index is -1.93. The number of nitrogens with zero attached hydrogens (tertiary/aromatic N) is 6. The van der Waals surface area contributed by atoms with Crippen LogP contribution in [0.5, 0.6) is 0 Å². The minimum absolute atomic E-state index is 0.0523. The second kappa shape index (κ2) is 10.5. The molecule has 40 heavy (non-hydrogen) atoms. The van der Waals surface area contributed by atoms with Crippen LogP contribution in [0.3, 0.4) is 0 Å². The predicted molar refractivity (Wildman–Crippen MR) is 149 cm³/mol. The van der Waals surface area contributed by atoms with Crippen LogP contribution in [0, 0.1) is 5.92 Å². The zero-order chi connectivity index (χ0) is 28.8. The van der Waals surface area contributed by atoms with E-state index in [0.29, 0.717) is 35.8 Å². The number of hydrogen-bond acceptors (Lipinski definition) is 8. The summed E-state index contributed by atoms with van der Waals surface area (Å²) in [5, 5.41) is 7.88. The molecule has 1 saturated heterocycles. The van der Waals surface area contributed by atoms with E-state index in [0.717, 1.165) is 5.69 Å². The van der Waals surface area contributed by atoms with E-state index in [2.05, 4.69) is 25.3 Å². The smallest absolute Gasteiger partial charge is 0.409 e. The highest BCUT2D eigenvalue weighted by Crippen LogP contribution is 2.43. The van der Waals surface area contributed by atoms with Crippen molar-refractivity contribution in [1.29, 1.82) is 0 Å². The van der Waals surface area contributed by atoms with Crippen LogP contribution in [0.15, 0.2) is 60.3 Å². The third-order valence-electron chi connectivity index (χ3n) is 7.67. The fourth-order valence-electron chi connectivity index (χ4n) is 6.03. The lowest BCUT2D eigenvalue weighted by molar-refractivity contribution is 0.0906. The fourth-order valence-corrected chi connectivity index (χ4v) is 6.03. The van der Waals surface area contributed by atoms with Crippen molar-refractivity contribution in [2.45, 2.75) is 44.4 Å². The van der Waals surface area contributed by atoms with Gasteiger partial charge in [0.1, 0.15) is 11.5 Å². The molecule has 1 amide bonds. The van der Waals surface area contributed by atoms with E-state index in [-0.39, 0.29) is 23.7 Å². The first-order valence-electron chi connectivity index (χ1n) is 13.1. The van der Waals surface area contributed by atoms with Gasteiger partial charge in [-0.3, -0.25) is 4.98 Å². The van der Waals surface area contributed by atoms with Crippen molar-refractivity contribution in [3.05, 3.63) is 66.0 Å². The lowest BCUT2D eigenvalue weighted by atomic mass is 9.81. The maximum atomic E-state index is 15.5. The second-order valence-corrected chi connectivity index (χ2v) is 10.8. The van der Waals surface area contributed by atoms with Gasteiger partial charge < -0.3 is 25.6 Å². The van der Waals surface area contributed by atoms with E-state index >= 15 is 4.39 Å². The van der Waals surface area contributed by atoms with Crippen LogP contribution in [0.4, 0.5) is 30.9 Å². The molecule has 3 aromatic rings. The number of pyridine rings is 1. The number of allylic oxidation sites excluding steroid dienone is 4. The summed E-state index contributed by atoms with van der Waals surface area (Å²) >= 11 is 0. The molecule has 4 heterocycles. The number of fused-ring (bicyclic) bond motifs is 1. The molecule has 0 bridgehead atoms. The Morgan fingerprint density at radius 2 is 2.05 bits per heavy atom. The normalized spacial score (nSPS) is 26.8. The van der Waals surface area contributed by atoms with E-state index in [4.69, 9.17) is 10.5 Å². The summed E-state index contributed by atoms with van der Waals surface area (Å²) in [5.74, 6) is -1.32. The molecule has 2 aliphatic rings. The number of rotatable bonds is 5. The number of likely N-dealkylation sites (N-methyl/N-ethyl adjacent to an activating group) is 1. The highest BCUT2D eigenvalue weighted by Gasteiger charge is 2.41. The fraction of sp³-hybridized carbons (Fsp3) is 0.429. The maximum absolute atomic E-state index is 15.5. The molecule has 3 aromatic heterocycles. The summed E-state index contributed by atoms with van der Waals surface area (Å²) in [6.45, 7) is 6.20. The van der Waals surface area contributed by atoms with Crippen LogP contribution in [0.25, 0.3) is 5.52 Å². The SMILES string of the molecule is COC(=O)N(C)[C@@H]1[C@H](N)CN(c2ccncc2Nc2ncc3ccc(C4C(F)=CC(C)=CC4(C)F)nn23)C[C@@H]1C. The van der Waals surface area contributed by atoms with Crippen LogP contribution in [-0.2, 0) is 4.74 Å². The van der Waals surface area contributed by atoms with E-state index < -0.39 is 23.5 Å². The Labute approximate surface area is 231 Å². The molecule has 0 spiro atoms. The highest BCUT2D eigenvalue weighted by atomic mass is 19.1. The quantitative estimate of drug-likeness (QED) is 0.481. The zero-order valence-electron chi connectivity index (χ0n) is 23.2. The monoisotopic (exact) mass is 552 g/mol. The molecule has 5 rings (SSSR count). The largest absolute Gasteiger partial charge is 0.453 e. The van der Waals surface area contributed by atoms with Crippen molar-refractivity contribution in [3.63, 3.8) is 0 Å². The number of halogens is 2. The van der Waals surface area contributed by atoms with Gasteiger partial charge in [-0.2, -0.15) is 9.61 Å². The number of piperidine rings is 1. The molecule has 3 N–H and O–H groups in total. The number of alkyl halides is 1. The molecule has 1 aliphatic carbocycles. The number of hydrogen-bond donors (Lipinski definition) is 2. The third-order valence-corrected chi connectivity index (χ3v) is 7.67.